The molecule has 0 aliphatic rings. The molecule has 0 radical (unpaired) electrons. The molecule has 88 valence electrons. The standard InChI is InChI=1S/C11H13BrFNO2/c1-7(6-16-2)14-11(15)9-4-3-8(13)5-10(9)12/h3-5,7H,6H2,1-2H3,(H,14,15)/t7-/m0/s1. The molecule has 0 unspecified atom stereocenters. The minimum absolute atomic E-state index is 0.0885. The first-order valence-electron chi connectivity index (χ1n) is 4.79. The van der Waals surface area contributed by atoms with Crippen LogP contribution in [0.4, 0.5) is 4.39 Å². The molecular weight excluding hydrogens is 277 g/mol. The number of benzene rings is 1. The molecule has 1 aromatic carbocycles. The summed E-state index contributed by atoms with van der Waals surface area (Å²) in [6.07, 6.45) is 0. The first-order chi connectivity index (χ1) is 7.54. The second kappa shape index (κ2) is 5.96. The van der Waals surface area contributed by atoms with Gasteiger partial charge >= 0.3 is 0 Å². The third-order valence-corrected chi connectivity index (χ3v) is 2.63. The van der Waals surface area contributed by atoms with E-state index in [0.29, 0.717) is 16.6 Å². The van der Waals surface area contributed by atoms with Crippen molar-refractivity contribution in [3.05, 3.63) is 34.1 Å². The van der Waals surface area contributed by atoms with Crippen LogP contribution >= 0.6 is 15.9 Å². The van der Waals surface area contributed by atoms with Gasteiger partial charge in [-0.2, -0.15) is 0 Å². The molecule has 16 heavy (non-hydrogen) atoms. The van der Waals surface area contributed by atoms with E-state index in [4.69, 9.17) is 4.74 Å². The van der Waals surface area contributed by atoms with E-state index < -0.39 is 0 Å². The number of hydrogen-bond donors (Lipinski definition) is 1. The Balaban J connectivity index is 2.73. The van der Waals surface area contributed by atoms with Gasteiger partial charge in [-0.3, -0.25) is 4.79 Å². The molecule has 1 atom stereocenters. The molecule has 0 fully saturated rings. The van der Waals surface area contributed by atoms with E-state index in [1.807, 2.05) is 6.92 Å². The molecule has 3 nitrogen and oxygen atoms in total. The van der Waals surface area contributed by atoms with Crippen molar-refractivity contribution in [1.82, 2.24) is 5.32 Å². The van der Waals surface area contributed by atoms with Crippen molar-refractivity contribution in [2.24, 2.45) is 0 Å². The summed E-state index contributed by atoms with van der Waals surface area (Å²) >= 11 is 3.14. The highest BCUT2D eigenvalue weighted by Crippen LogP contribution is 2.17. The maximum atomic E-state index is 12.8. The number of nitrogens with one attached hydrogen (secondary N) is 1. The lowest BCUT2D eigenvalue weighted by molar-refractivity contribution is 0.0905. The van der Waals surface area contributed by atoms with E-state index in [2.05, 4.69) is 21.2 Å². The first-order valence-corrected chi connectivity index (χ1v) is 5.58. The Bertz CT molecular complexity index is 384. The Kier molecular flexibility index (Phi) is 4.89. The maximum absolute atomic E-state index is 12.8. The molecule has 1 amide bonds. The third-order valence-electron chi connectivity index (χ3n) is 1.97. The van der Waals surface area contributed by atoms with Crippen LogP contribution in [0.1, 0.15) is 17.3 Å². The van der Waals surface area contributed by atoms with Crippen LogP contribution in [0.5, 0.6) is 0 Å². The molecule has 0 bridgehead atoms. The Hall–Kier alpha value is -0.940. The van der Waals surface area contributed by atoms with Crippen molar-refractivity contribution < 1.29 is 13.9 Å². The van der Waals surface area contributed by atoms with Gasteiger partial charge in [-0.15, -0.1) is 0 Å². The molecule has 0 aliphatic heterocycles. The minimum atomic E-state index is -0.381. The zero-order chi connectivity index (χ0) is 12.1. The van der Waals surface area contributed by atoms with E-state index in [9.17, 15) is 9.18 Å². The molecule has 1 aromatic rings. The van der Waals surface area contributed by atoms with Crippen LogP contribution < -0.4 is 5.32 Å². The van der Waals surface area contributed by atoms with E-state index in [0.717, 1.165) is 0 Å². The van der Waals surface area contributed by atoms with E-state index in [1.165, 1.54) is 18.2 Å². The van der Waals surface area contributed by atoms with Gasteiger partial charge in [0.25, 0.3) is 5.91 Å². The summed E-state index contributed by atoms with van der Waals surface area (Å²) in [4.78, 5) is 11.7. The lowest BCUT2D eigenvalue weighted by Gasteiger charge is -2.13. The van der Waals surface area contributed by atoms with Gasteiger partial charge in [0.1, 0.15) is 5.82 Å². The van der Waals surface area contributed by atoms with Crippen LogP contribution in [0.25, 0.3) is 0 Å². The second-order valence-electron chi connectivity index (χ2n) is 3.45. The Labute approximate surface area is 102 Å². The van der Waals surface area contributed by atoms with Crippen LogP contribution in [0.15, 0.2) is 22.7 Å². The summed E-state index contributed by atoms with van der Waals surface area (Å²) in [5.41, 5.74) is 0.407. The average Bonchev–Trinajstić information content (AvgIpc) is 2.17. The molecule has 0 saturated heterocycles. The summed E-state index contributed by atoms with van der Waals surface area (Å²) in [5, 5.41) is 2.74. The zero-order valence-electron chi connectivity index (χ0n) is 9.09. The number of amides is 1. The predicted octanol–water partition coefficient (Wildman–Crippen LogP) is 2.35. The smallest absolute Gasteiger partial charge is 0.252 e. The first kappa shape index (κ1) is 13.1. The van der Waals surface area contributed by atoms with Gasteiger partial charge in [0.05, 0.1) is 12.2 Å². The molecule has 0 heterocycles. The molecule has 1 N–H and O–H groups in total. The largest absolute Gasteiger partial charge is 0.383 e. The number of hydrogen-bond acceptors (Lipinski definition) is 2. The Morgan fingerprint density at radius 2 is 2.31 bits per heavy atom. The summed E-state index contributed by atoms with van der Waals surface area (Å²) in [6.45, 7) is 2.27. The molecular formula is C11H13BrFNO2. The van der Waals surface area contributed by atoms with Crippen molar-refractivity contribution in [1.29, 1.82) is 0 Å². The van der Waals surface area contributed by atoms with E-state index >= 15 is 0 Å². The van der Waals surface area contributed by atoms with Gasteiger partial charge < -0.3 is 10.1 Å². The lowest BCUT2D eigenvalue weighted by atomic mass is 10.2. The van der Waals surface area contributed by atoms with Crippen LogP contribution in [-0.2, 0) is 4.74 Å². The Morgan fingerprint density at radius 3 is 2.88 bits per heavy atom. The van der Waals surface area contributed by atoms with Crippen molar-refractivity contribution >= 4 is 21.8 Å². The highest BCUT2D eigenvalue weighted by atomic mass is 79.9. The predicted molar refractivity (Wildman–Crippen MR) is 62.9 cm³/mol. The number of carbonyl (C=O) groups is 1. The van der Waals surface area contributed by atoms with Crippen LogP contribution in [0.2, 0.25) is 0 Å². The van der Waals surface area contributed by atoms with E-state index in [1.54, 1.807) is 7.11 Å². The van der Waals surface area contributed by atoms with Gasteiger partial charge in [-0.25, -0.2) is 4.39 Å². The highest BCUT2D eigenvalue weighted by Gasteiger charge is 2.12. The quantitative estimate of drug-likeness (QED) is 0.924. The molecule has 0 aromatic heterocycles. The summed E-state index contributed by atoms with van der Waals surface area (Å²) in [5.74, 6) is -0.634. The van der Waals surface area contributed by atoms with Gasteiger partial charge in [0, 0.05) is 17.6 Å². The monoisotopic (exact) mass is 289 g/mol. The second-order valence-corrected chi connectivity index (χ2v) is 4.31. The van der Waals surface area contributed by atoms with Gasteiger partial charge in [-0.05, 0) is 41.1 Å². The maximum Gasteiger partial charge on any atom is 0.252 e. The highest BCUT2D eigenvalue weighted by molar-refractivity contribution is 9.10. The van der Waals surface area contributed by atoms with E-state index in [-0.39, 0.29) is 17.8 Å². The van der Waals surface area contributed by atoms with Gasteiger partial charge in [-0.1, -0.05) is 0 Å². The summed E-state index contributed by atoms with van der Waals surface area (Å²) in [7, 11) is 1.57. The summed E-state index contributed by atoms with van der Waals surface area (Å²) in [6, 6.07) is 3.86. The van der Waals surface area contributed by atoms with Crippen molar-refractivity contribution in [2.75, 3.05) is 13.7 Å². The zero-order valence-corrected chi connectivity index (χ0v) is 10.7. The fourth-order valence-electron chi connectivity index (χ4n) is 1.27. The van der Waals surface area contributed by atoms with Crippen molar-refractivity contribution in [2.45, 2.75) is 13.0 Å². The van der Waals surface area contributed by atoms with Gasteiger partial charge in [0.15, 0.2) is 0 Å². The average molecular weight is 290 g/mol. The topological polar surface area (TPSA) is 38.3 Å². The summed E-state index contributed by atoms with van der Waals surface area (Å²) < 4.78 is 18.2. The normalized spacial score (nSPS) is 12.2. The number of ether oxygens (including phenoxy) is 1. The molecule has 5 heteroatoms. The van der Waals surface area contributed by atoms with Gasteiger partial charge in [0.2, 0.25) is 0 Å². The molecule has 0 saturated carbocycles. The molecule has 1 rings (SSSR count). The van der Waals surface area contributed by atoms with Crippen LogP contribution in [-0.4, -0.2) is 25.7 Å². The van der Waals surface area contributed by atoms with Crippen LogP contribution in [0, 0.1) is 5.82 Å². The van der Waals surface area contributed by atoms with Crippen LogP contribution in [0.3, 0.4) is 0 Å². The third kappa shape index (κ3) is 3.57. The molecule has 0 aliphatic carbocycles. The van der Waals surface area contributed by atoms with Crippen molar-refractivity contribution in [3.63, 3.8) is 0 Å². The van der Waals surface area contributed by atoms with Crippen molar-refractivity contribution in [3.8, 4) is 0 Å². The number of halogens is 2. The minimum Gasteiger partial charge on any atom is -0.383 e. The fraction of sp³-hybridized carbons (Fsp3) is 0.364. The fourth-order valence-corrected chi connectivity index (χ4v) is 1.80. The molecule has 0 spiro atoms. The number of carbonyl (C=O) groups excluding carboxylic acids is 1. The number of rotatable bonds is 4. The Morgan fingerprint density at radius 1 is 1.62 bits per heavy atom. The SMILES string of the molecule is COC[C@H](C)NC(=O)c1ccc(F)cc1Br. The lowest BCUT2D eigenvalue weighted by Crippen LogP contribution is -2.35. The number of methoxy groups -OCH3 is 1.